The molecule has 0 atom stereocenters. The SMILES string of the molecule is Nc1nc(COC(=O)c2c(F)cccc2Cl)nc2sc3c(c12)CCCC3. The number of benzene rings is 1. The highest BCUT2D eigenvalue weighted by Gasteiger charge is 2.21. The molecule has 134 valence electrons. The molecule has 2 heterocycles. The number of carbonyl (C=O) groups excluding carboxylic acids is 1. The Labute approximate surface area is 158 Å². The lowest BCUT2D eigenvalue weighted by atomic mass is 9.97. The molecule has 0 unspecified atom stereocenters. The van der Waals surface area contributed by atoms with Crippen molar-refractivity contribution >= 4 is 44.9 Å². The van der Waals surface area contributed by atoms with Crippen molar-refractivity contribution in [2.75, 3.05) is 5.73 Å². The third-order valence-electron chi connectivity index (χ3n) is 4.39. The zero-order valence-corrected chi connectivity index (χ0v) is 15.3. The van der Waals surface area contributed by atoms with Gasteiger partial charge in [-0.05, 0) is 43.4 Å². The molecular formula is C18H15ClFN3O2S. The van der Waals surface area contributed by atoms with Gasteiger partial charge in [0.15, 0.2) is 12.4 Å². The Morgan fingerprint density at radius 2 is 2.12 bits per heavy atom. The van der Waals surface area contributed by atoms with Crippen LogP contribution in [0.25, 0.3) is 10.2 Å². The monoisotopic (exact) mass is 391 g/mol. The number of thiophene rings is 1. The highest BCUT2D eigenvalue weighted by Crippen LogP contribution is 2.37. The van der Waals surface area contributed by atoms with Gasteiger partial charge in [-0.2, -0.15) is 0 Å². The summed E-state index contributed by atoms with van der Waals surface area (Å²) in [6.07, 6.45) is 4.33. The molecule has 0 amide bonds. The molecule has 0 bridgehead atoms. The first kappa shape index (κ1) is 17.2. The molecule has 1 aliphatic carbocycles. The van der Waals surface area contributed by atoms with Crippen LogP contribution < -0.4 is 5.73 Å². The highest BCUT2D eigenvalue weighted by molar-refractivity contribution is 7.19. The number of nitrogens with two attached hydrogens (primary N) is 1. The van der Waals surface area contributed by atoms with Crippen LogP contribution in [-0.2, 0) is 24.2 Å². The predicted molar refractivity (Wildman–Crippen MR) is 99.0 cm³/mol. The number of fused-ring (bicyclic) bond motifs is 3. The number of aryl methyl sites for hydroxylation is 2. The number of nitrogen functional groups attached to an aromatic ring is 1. The Hall–Kier alpha value is -2.25. The summed E-state index contributed by atoms with van der Waals surface area (Å²) in [5.74, 6) is -0.913. The summed E-state index contributed by atoms with van der Waals surface area (Å²) >= 11 is 7.49. The molecule has 5 nitrogen and oxygen atoms in total. The lowest BCUT2D eigenvalue weighted by Crippen LogP contribution is -2.11. The van der Waals surface area contributed by atoms with Gasteiger partial charge in [0.05, 0.1) is 10.4 Å². The highest BCUT2D eigenvalue weighted by atomic mass is 35.5. The van der Waals surface area contributed by atoms with E-state index in [-0.39, 0.29) is 23.0 Å². The standard InChI is InChI=1S/C18H15ClFN3O2S/c19-10-5-3-6-11(20)15(10)18(24)25-8-13-22-16(21)14-9-4-1-2-7-12(9)26-17(14)23-13/h3,5-6H,1-2,4,7-8H2,(H2,21,22,23). The number of hydrogen-bond donors (Lipinski definition) is 1. The van der Waals surface area contributed by atoms with Gasteiger partial charge in [-0.25, -0.2) is 19.2 Å². The lowest BCUT2D eigenvalue weighted by molar-refractivity contribution is 0.0457. The van der Waals surface area contributed by atoms with Crippen LogP contribution in [0.5, 0.6) is 0 Å². The van der Waals surface area contributed by atoms with Crippen molar-refractivity contribution in [3.8, 4) is 0 Å². The molecule has 4 rings (SSSR count). The van der Waals surface area contributed by atoms with Gasteiger partial charge in [0, 0.05) is 4.88 Å². The van der Waals surface area contributed by atoms with Crippen molar-refractivity contribution in [3.05, 3.63) is 50.9 Å². The fraction of sp³-hybridized carbons (Fsp3) is 0.278. The Kier molecular flexibility index (Phi) is 4.50. The maximum Gasteiger partial charge on any atom is 0.343 e. The number of hydrogen-bond acceptors (Lipinski definition) is 6. The van der Waals surface area contributed by atoms with Crippen molar-refractivity contribution in [1.29, 1.82) is 0 Å². The molecular weight excluding hydrogens is 377 g/mol. The van der Waals surface area contributed by atoms with E-state index in [1.807, 2.05) is 0 Å². The number of halogens is 2. The Morgan fingerprint density at radius 3 is 2.92 bits per heavy atom. The van der Waals surface area contributed by atoms with Crippen LogP contribution in [0.4, 0.5) is 10.2 Å². The van der Waals surface area contributed by atoms with E-state index in [2.05, 4.69) is 9.97 Å². The van der Waals surface area contributed by atoms with Crippen LogP contribution in [0.15, 0.2) is 18.2 Å². The second-order valence-corrected chi connectivity index (χ2v) is 7.58. The van der Waals surface area contributed by atoms with Gasteiger partial charge >= 0.3 is 5.97 Å². The quantitative estimate of drug-likeness (QED) is 0.673. The average molecular weight is 392 g/mol. The summed E-state index contributed by atoms with van der Waals surface area (Å²) < 4.78 is 18.9. The minimum absolute atomic E-state index is 0.00295. The predicted octanol–water partition coefficient (Wildman–Crippen LogP) is 4.30. The number of nitrogens with zero attached hydrogens (tertiary/aromatic N) is 2. The van der Waals surface area contributed by atoms with E-state index in [0.717, 1.165) is 35.5 Å². The van der Waals surface area contributed by atoms with Crippen molar-refractivity contribution in [2.24, 2.45) is 0 Å². The molecule has 1 aromatic carbocycles. The van der Waals surface area contributed by atoms with E-state index >= 15 is 0 Å². The van der Waals surface area contributed by atoms with E-state index in [1.54, 1.807) is 11.3 Å². The normalized spacial score (nSPS) is 13.6. The zero-order chi connectivity index (χ0) is 18.3. The number of carbonyl (C=O) groups is 1. The van der Waals surface area contributed by atoms with Gasteiger partial charge in [0.2, 0.25) is 0 Å². The minimum atomic E-state index is -0.860. The van der Waals surface area contributed by atoms with Crippen LogP contribution in [0.3, 0.4) is 0 Å². The van der Waals surface area contributed by atoms with Crippen LogP contribution in [0.1, 0.15) is 39.5 Å². The lowest BCUT2D eigenvalue weighted by Gasteiger charge is -2.11. The third-order valence-corrected chi connectivity index (χ3v) is 5.89. The van der Waals surface area contributed by atoms with E-state index in [9.17, 15) is 9.18 Å². The van der Waals surface area contributed by atoms with Crippen LogP contribution in [0.2, 0.25) is 5.02 Å². The Balaban J connectivity index is 1.59. The molecule has 3 aromatic rings. The maximum absolute atomic E-state index is 13.8. The van der Waals surface area contributed by atoms with Gasteiger partial charge in [0.1, 0.15) is 22.0 Å². The number of ether oxygens (including phenoxy) is 1. The fourth-order valence-electron chi connectivity index (χ4n) is 3.19. The van der Waals surface area contributed by atoms with Crippen molar-refractivity contribution in [2.45, 2.75) is 32.3 Å². The maximum atomic E-state index is 13.8. The van der Waals surface area contributed by atoms with Crippen LogP contribution >= 0.6 is 22.9 Å². The molecule has 0 fully saturated rings. The van der Waals surface area contributed by atoms with E-state index in [1.165, 1.54) is 29.0 Å². The Bertz CT molecular complexity index is 1000. The van der Waals surface area contributed by atoms with Gasteiger partial charge in [0.25, 0.3) is 0 Å². The zero-order valence-electron chi connectivity index (χ0n) is 13.7. The van der Waals surface area contributed by atoms with Crippen molar-refractivity contribution < 1.29 is 13.9 Å². The Morgan fingerprint density at radius 1 is 1.31 bits per heavy atom. The van der Waals surface area contributed by atoms with Gasteiger partial charge in [-0.15, -0.1) is 11.3 Å². The second-order valence-electron chi connectivity index (χ2n) is 6.09. The molecule has 1 aliphatic rings. The van der Waals surface area contributed by atoms with Crippen LogP contribution in [0, 0.1) is 5.82 Å². The molecule has 0 aliphatic heterocycles. The smallest absolute Gasteiger partial charge is 0.343 e. The first-order valence-corrected chi connectivity index (χ1v) is 9.42. The van der Waals surface area contributed by atoms with E-state index in [4.69, 9.17) is 22.1 Å². The molecule has 0 saturated carbocycles. The fourth-order valence-corrected chi connectivity index (χ4v) is 4.72. The molecule has 2 aromatic heterocycles. The summed E-state index contributed by atoms with van der Waals surface area (Å²) in [5, 5.41) is 0.911. The number of rotatable bonds is 3. The second kappa shape index (κ2) is 6.81. The molecule has 26 heavy (non-hydrogen) atoms. The minimum Gasteiger partial charge on any atom is -0.454 e. The van der Waals surface area contributed by atoms with Crippen molar-refractivity contribution in [3.63, 3.8) is 0 Å². The van der Waals surface area contributed by atoms with E-state index < -0.39 is 11.8 Å². The van der Waals surface area contributed by atoms with Crippen molar-refractivity contribution in [1.82, 2.24) is 9.97 Å². The average Bonchev–Trinajstić information content (AvgIpc) is 2.98. The first-order valence-electron chi connectivity index (χ1n) is 8.22. The summed E-state index contributed by atoms with van der Waals surface area (Å²) in [5.41, 5.74) is 7.07. The van der Waals surface area contributed by atoms with E-state index in [0.29, 0.717) is 5.82 Å². The number of anilines is 1. The molecule has 0 radical (unpaired) electrons. The van der Waals surface area contributed by atoms with Gasteiger partial charge in [-0.3, -0.25) is 0 Å². The largest absolute Gasteiger partial charge is 0.454 e. The summed E-state index contributed by atoms with van der Waals surface area (Å²) in [6.45, 7) is -0.202. The third kappa shape index (κ3) is 3.01. The molecule has 0 saturated heterocycles. The van der Waals surface area contributed by atoms with Crippen LogP contribution in [-0.4, -0.2) is 15.9 Å². The topological polar surface area (TPSA) is 78.1 Å². The number of aromatic nitrogens is 2. The summed E-state index contributed by atoms with van der Waals surface area (Å²) in [6, 6.07) is 4.00. The summed E-state index contributed by atoms with van der Waals surface area (Å²) in [7, 11) is 0. The number of esters is 1. The molecule has 0 spiro atoms. The first-order chi connectivity index (χ1) is 12.5. The molecule has 8 heteroatoms. The van der Waals surface area contributed by atoms with Gasteiger partial charge < -0.3 is 10.5 Å². The summed E-state index contributed by atoms with van der Waals surface area (Å²) in [4.78, 5) is 23.0. The van der Waals surface area contributed by atoms with Gasteiger partial charge in [-0.1, -0.05) is 17.7 Å². The molecule has 2 N–H and O–H groups in total.